The molecule has 1 aromatic carbocycles. The highest BCUT2D eigenvalue weighted by molar-refractivity contribution is 5.98. The molecule has 1 aliphatic heterocycles. The Morgan fingerprint density at radius 3 is 2.34 bits per heavy atom. The van der Waals surface area contributed by atoms with Crippen LogP contribution in [0.1, 0.15) is 95.5 Å². The van der Waals surface area contributed by atoms with E-state index in [1.54, 1.807) is 34.6 Å². The molecule has 1 aliphatic carbocycles. The third-order valence-corrected chi connectivity index (χ3v) is 7.38. The van der Waals surface area contributed by atoms with Gasteiger partial charge in [-0.1, -0.05) is 66.0 Å². The highest BCUT2D eigenvalue weighted by atomic mass is 19.1. The summed E-state index contributed by atoms with van der Waals surface area (Å²) in [6, 6.07) is 3.48. The van der Waals surface area contributed by atoms with Gasteiger partial charge in [-0.3, -0.25) is 14.4 Å². The minimum Gasteiger partial charge on any atom is -0.342 e. The van der Waals surface area contributed by atoms with E-state index in [9.17, 15) is 14.4 Å². The Hall–Kier alpha value is -2.31. The number of likely N-dealkylation sites (tertiary alicyclic amines) is 1. The first-order valence-electron chi connectivity index (χ1n) is 13.0. The van der Waals surface area contributed by atoms with E-state index in [4.69, 9.17) is 0 Å². The molecule has 1 saturated heterocycles. The van der Waals surface area contributed by atoms with Gasteiger partial charge in [-0.25, -0.2) is 8.78 Å². The number of hydrogen-bond donors (Lipinski definition) is 1. The maximum atomic E-state index is 16.2. The summed E-state index contributed by atoms with van der Waals surface area (Å²) in [4.78, 5) is 40.3. The number of amides is 2. The van der Waals surface area contributed by atoms with Gasteiger partial charge in [-0.15, -0.1) is 0 Å². The molecule has 5 nitrogen and oxygen atoms in total. The summed E-state index contributed by atoms with van der Waals surface area (Å²) in [6.45, 7) is 9.09. The first kappa shape index (κ1) is 27.3. The molecular weight excluding hydrogens is 450 g/mol. The second kappa shape index (κ2) is 10.8. The van der Waals surface area contributed by atoms with Crippen LogP contribution in [-0.2, 0) is 15.3 Å². The molecule has 1 heterocycles. The van der Waals surface area contributed by atoms with Crippen LogP contribution in [0.3, 0.4) is 0 Å². The van der Waals surface area contributed by atoms with Crippen molar-refractivity contribution in [2.45, 2.75) is 91.3 Å². The van der Waals surface area contributed by atoms with Gasteiger partial charge in [0.25, 0.3) is 5.91 Å². The van der Waals surface area contributed by atoms with Crippen LogP contribution in [0, 0.1) is 23.1 Å². The largest absolute Gasteiger partial charge is 0.342 e. The van der Waals surface area contributed by atoms with Crippen LogP contribution in [0.25, 0.3) is 0 Å². The molecule has 0 aromatic heterocycles. The molecule has 1 N–H and O–H groups in total. The molecule has 0 bridgehead atoms. The molecule has 194 valence electrons. The van der Waals surface area contributed by atoms with Gasteiger partial charge in [0.2, 0.25) is 5.91 Å². The van der Waals surface area contributed by atoms with E-state index in [1.165, 1.54) is 23.1 Å². The van der Waals surface area contributed by atoms with Crippen LogP contribution in [0.4, 0.5) is 8.78 Å². The van der Waals surface area contributed by atoms with Gasteiger partial charge >= 0.3 is 0 Å². The van der Waals surface area contributed by atoms with Crippen LogP contribution in [0.5, 0.6) is 0 Å². The Bertz CT molecular complexity index is 950. The number of nitrogens with one attached hydrogen (secondary N) is 1. The minimum absolute atomic E-state index is 0.0247. The Morgan fingerprint density at radius 1 is 1.09 bits per heavy atom. The Balaban J connectivity index is 1.86. The number of halogens is 2. The molecule has 2 atom stereocenters. The van der Waals surface area contributed by atoms with Gasteiger partial charge in [0, 0.05) is 23.4 Å². The zero-order chi connectivity index (χ0) is 26.0. The highest BCUT2D eigenvalue weighted by Crippen LogP contribution is 2.39. The van der Waals surface area contributed by atoms with E-state index in [2.05, 4.69) is 5.32 Å². The maximum absolute atomic E-state index is 16.2. The first-order valence-corrected chi connectivity index (χ1v) is 13.0. The van der Waals surface area contributed by atoms with E-state index >= 15 is 8.78 Å². The quantitative estimate of drug-likeness (QED) is 0.568. The Kier molecular flexibility index (Phi) is 8.38. The fourth-order valence-electron chi connectivity index (χ4n) is 5.40. The van der Waals surface area contributed by atoms with E-state index in [-0.39, 0.29) is 47.6 Å². The third-order valence-electron chi connectivity index (χ3n) is 7.38. The standard InChI is InChI=1S/C28H40F2N2O3/c1-18(2)24(33)23(19-11-7-6-8-12-19)31-25(34)20-13-9-14-21(22(20)29)28(30)15-10-16-32(17-28)26(35)27(3,4)5/h9,13-14,18-19,23H,6-8,10-12,15-17H2,1-5H3,(H,31,34). The second-order valence-electron chi connectivity index (χ2n) is 11.6. The molecule has 2 unspecified atom stereocenters. The van der Waals surface area contributed by atoms with Crippen LogP contribution in [0.15, 0.2) is 18.2 Å². The lowest BCUT2D eigenvalue weighted by molar-refractivity contribution is -0.144. The molecule has 7 heteroatoms. The maximum Gasteiger partial charge on any atom is 0.254 e. The van der Waals surface area contributed by atoms with Gasteiger partial charge in [0.1, 0.15) is 5.82 Å². The average Bonchev–Trinajstić information content (AvgIpc) is 2.81. The molecule has 1 saturated carbocycles. The molecule has 0 spiro atoms. The van der Waals surface area contributed by atoms with Crippen molar-refractivity contribution in [1.29, 1.82) is 0 Å². The summed E-state index contributed by atoms with van der Waals surface area (Å²) in [5, 5.41) is 2.80. The number of piperidine rings is 1. The van der Waals surface area contributed by atoms with Crippen molar-refractivity contribution in [3.05, 3.63) is 35.1 Å². The molecule has 2 aliphatic rings. The van der Waals surface area contributed by atoms with Crippen LogP contribution in [0.2, 0.25) is 0 Å². The first-order chi connectivity index (χ1) is 16.3. The highest BCUT2D eigenvalue weighted by Gasteiger charge is 2.43. The fraction of sp³-hybridized carbons (Fsp3) is 0.679. The summed E-state index contributed by atoms with van der Waals surface area (Å²) in [6.07, 6.45) is 5.27. The van der Waals surface area contributed by atoms with E-state index in [0.717, 1.165) is 32.1 Å². The van der Waals surface area contributed by atoms with Crippen molar-refractivity contribution in [3.63, 3.8) is 0 Å². The normalized spacial score (nSPS) is 22.7. The van der Waals surface area contributed by atoms with Gasteiger partial charge in [-0.05, 0) is 37.7 Å². The Morgan fingerprint density at radius 2 is 1.74 bits per heavy atom. The lowest BCUT2D eigenvalue weighted by Gasteiger charge is -2.40. The SMILES string of the molecule is CC(C)C(=O)C(NC(=O)c1cccc(C2(F)CCCN(C(=O)C(C)(C)C)C2)c1F)C1CCCCC1. The number of carbonyl (C=O) groups is 3. The van der Waals surface area contributed by atoms with Crippen molar-refractivity contribution < 1.29 is 23.2 Å². The minimum atomic E-state index is -2.09. The van der Waals surface area contributed by atoms with Gasteiger partial charge in [0.05, 0.1) is 18.2 Å². The average molecular weight is 491 g/mol. The van der Waals surface area contributed by atoms with Crippen LogP contribution >= 0.6 is 0 Å². The predicted octanol–water partition coefficient (Wildman–Crippen LogP) is 5.56. The van der Waals surface area contributed by atoms with Gasteiger partial charge in [0.15, 0.2) is 11.5 Å². The summed E-state index contributed by atoms with van der Waals surface area (Å²) in [5.74, 6) is -2.10. The van der Waals surface area contributed by atoms with Crippen LogP contribution < -0.4 is 5.32 Å². The van der Waals surface area contributed by atoms with Gasteiger partial charge in [-0.2, -0.15) is 0 Å². The smallest absolute Gasteiger partial charge is 0.254 e. The zero-order valence-corrected chi connectivity index (χ0v) is 21.8. The van der Waals surface area contributed by atoms with Crippen molar-refractivity contribution >= 4 is 17.6 Å². The number of alkyl halides is 1. The molecule has 35 heavy (non-hydrogen) atoms. The molecule has 1 aromatic rings. The number of carbonyl (C=O) groups excluding carboxylic acids is 3. The lowest BCUT2D eigenvalue weighted by Crippen LogP contribution is -2.50. The van der Waals surface area contributed by atoms with E-state index < -0.39 is 28.8 Å². The van der Waals surface area contributed by atoms with E-state index in [0.29, 0.717) is 13.0 Å². The zero-order valence-electron chi connectivity index (χ0n) is 21.8. The lowest BCUT2D eigenvalue weighted by atomic mass is 9.80. The number of ketones is 1. The third kappa shape index (κ3) is 6.10. The summed E-state index contributed by atoms with van der Waals surface area (Å²) in [5.41, 5.74) is -3.23. The number of benzene rings is 1. The predicted molar refractivity (Wildman–Crippen MR) is 132 cm³/mol. The van der Waals surface area contributed by atoms with Crippen molar-refractivity contribution in [2.75, 3.05) is 13.1 Å². The monoisotopic (exact) mass is 490 g/mol. The number of hydrogen-bond acceptors (Lipinski definition) is 3. The Labute approximate surface area is 208 Å². The van der Waals surface area contributed by atoms with Crippen LogP contribution in [-0.4, -0.2) is 41.6 Å². The summed E-state index contributed by atoms with van der Waals surface area (Å²) < 4.78 is 31.9. The second-order valence-corrected chi connectivity index (χ2v) is 11.6. The molecule has 2 amide bonds. The molecule has 0 radical (unpaired) electrons. The van der Waals surface area contributed by atoms with E-state index in [1.807, 2.05) is 0 Å². The molecular formula is C28H40F2N2O3. The van der Waals surface area contributed by atoms with Crippen molar-refractivity contribution in [3.8, 4) is 0 Å². The van der Waals surface area contributed by atoms with Crippen molar-refractivity contribution in [2.24, 2.45) is 17.3 Å². The summed E-state index contributed by atoms with van der Waals surface area (Å²) >= 11 is 0. The van der Waals surface area contributed by atoms with Crippen molar-refractivity contribution in [1.82, 2.24) is 10.2 Å². The number of rotatable bonds is 6. The number of Topliss-reactive ketones (excluding diaryl/α,β-unsaturated/α-hetero) is 1. The fourth-order valence-corrected chi connectivity index (χ4v) is 5.40. The summed E-state index contributed by atoms with van der Waals surface area (Å²) in [7, 11) is 0. The topological polar surface area (TPSA) is 66.5 Å². The number of nitrogens with zero attached hydrogens (tertiary/aromatic N) is 1. The van der Waals surface area contributed by atoms with Gasteiger partial charge < -0.3 is 10.2 Å². The molecule has 2 fully saturated rings. The molecule has 3 rings (SSSR count).